The lowest BCUT2D eigenvalue weighted by Gasteiger charge is -2.26. The third kappa shape index (κ3) is 2.78. The van der Waals surface area contributed by atoms with Gasteiger partial charge in [-0.3, -0.25) is 4.79 Å². The summed E-state index contributed by atoms with van der Waals surface area (Å²) in [6.45, 7) is 6.22. The van der Waals surface area contributed by atoms with Gasteiger partial charge in [0.15, 0.2) is 0 Å². The number of carbonyl (C=O) groups excluding carboxylic acids is 1. The minimum atomic E-state index is -0.239. The van der Waals surface area contributed by atoms with Crippen molar-refractivity contribution in [1.82, 2.24) is 0 Å². The Morgan fingerprint density at radius 1 is 1.25 bits per heavy atom. The summed E-state index contributed by atoms with van der Waals surface area (Å²) in [7, 11) is 0. The Morgan fingerprint density at radius 3 is 2.00 bits per heavy atom. The Hall–Kier alpha value is -0.0400. The summed E-state index contributed by atoms with van der Waals surface area (Å²) in [4.78, 5) is 11.2. The molecule has 0 radical (unpaired) electrons. The van der Waals surface area contributed by atoms with Crippen LogP contribution in [0.2, 0.25) is 0 Å². The maximum Gasteiger partial charge on any atom is 0.227 e. The summed E-state index contributed by atoms with van der Waals surface area (Å²) in [6, 6.07) is 0. The Labute approximate surface area is 80.5 Å². The lowest BCUT2D eigenvalue weighted by Crippen LogP contribution is -2.25. The molecule has 0 amide bonds. The van der Waals surface area contributed by atoms with E-state index in [0.717, 1.165) is 32.1 Å². The summed E-state index contributed by atoms with van der Waals surface area (Å²) in [5, 5.41) is -0.152. The Kier molecular flexibility index (Phi) is 5.56. The molecule has 0 spiro atoms. The fourth-order valence-corrected chi connectivity index (χ4v) is 1.86. The Morgan fingerprint density at radius 2 is 1.75 bits per heavy atom. The fourth-order valence-electron chi connectivity index (χ4n) is 1.49. The van der Waals surface area contributed by atoms with E-state index in [1.165, 1.54) is 0 Å². The summed E-state index contributed by atoms with van der Waals surface area (Å²) in [5.41, 5.74) is -0.239. The second-order valence-electron chi connectivity index (χ2n) is 3.36. The molecule has 0 aromatic heterocycles. The largest absolute Gasteiger partial charge is 0.281 e. The van der Waals surface area contributed by atoms with Gasteiger partial charge >= 0.3 is 0 Å². The quantitative estimate of drug-likeness (QED) is 0.583. The second kappa shape index (κ2) is 5.58. The van der Waals surface area contributed by atoms with Gasteiger partial charge in [0, 0.05) is 5.41 Å². The number of unbranched alkanes of at least 4 members (excludes halogenated alkanes) is 1. The summed E-state index contributed by atoms with van der Waals surface area (Å²) in [5.74, 6) is 0. The Bertz CT molecular complexity index is 139. The smallest absolute Gasteiger partial charge is 0.227 e. The highest BCUT2D eigenvalue weighted by molar-refractivity contribution is 6.64. The highest BCUT2D eigenvalue weighted by atomic mass is 35.5. The number of hydrogen-bond donors (Lipinski definition) is 0. The van der Waals surface area contributed by atoms with Gasteiger partial charge in [-0.05, 0) is 30.9 Å². The van der Waals surface area contributed by atoms with Crippen molar-refractivity contribution in [2.75, 3.05) is 0 Å². The lowest BCUT2D eigenvalue weighted by atomic mass is 9.79. The predicted molar refractivity (Wildman–Crippen MR) is 53.4 cm³/mol. The molecular weight excluding hydrogens is 172 g/mol. The van der Waals surface area contributed by atoms with Crippen molar-refractivity contribution < 1.29 is 4.79 Å². The molecule has 0 aliphatic carbocycles. The van der Waals surface area contributed by atoms with Gasteiger partial charge in [-0.1, -0.05) is 33.6 Å². The van der Waals surface area contributed by atoms with Crippen LogP contribution in [0.4, 0.5) is 0 Å². The average Bonchev–Trinajstić information content (AvgIpc) is 2.07. The first-order chi connectivity index (χ1) is 5.63. The molecule has 0 bridgehead atoms. The van der Waals surface area contributed by atoms with Crippen LogP contribution in [-0.2, 0) is 4.79 Å². The van der Waals surface area contributed by atoms with Crippen LogP contribution in [0.3, 0.4) is 0 Å². The molecule has 0 unspecified atom stereocenters. The molecule has 1 nitrogen and oxygen atoms in total. The standard InChI is InChI=1S/C10H19ClO/c1-4-7-8-10(5-2,6-3)9(11)12/h4-8H2,1-3H3. The molecule has 0 rings (SSSR count). The molecule has 0 aromatic carbocycles. The molecule has 0 N–H and O–H groups in total. The number of rotatable bonds is 6. The monoisotopic (exact) mass is 190 g/mol. The van der Waals surface area contributed by atoms with E-state index < -0.39 is 0 Å². The molecule has 0 saturated carbocycles. The summed E-state index contributed by atoms with van der Waals surface area (Å²) < 4.78 is 0. The lowest BCUT2D eigenvalue weighted by molar-refractivity contribution is -0.121. The van der Waals surface area contributed by atoms with Crippen molar-refractivity contribution in [2.45, 2.75) is 52.9 Å². The number of halogens is 1. The van der Waals surface area contributed by atoms with Crippen molar-refractivity contribution in [2.24, 2.45) is 5.41 Å². The molecule has 72 valence electrons. The zero-order valence-corrected chi connectivity index (χ0v) is 9.08. The number of carbonyl (C=O) groups is 1. The van der Waals surface area contributed by atoms with Gasteiger partial charge in [-0.15, -0.1) is 0 Å². The van der Waals surface area contributed by atoms with E-state index in [1.807, 2.05) is 13.8 Å². The van der Waals surface area contributed by atoms with Gasteiger partial charge in [0.2, 0.25) is 5.24 Å². The van der Waals surface area contributed by atoms with Crippen molar-refractivity contribution in [3.05, 3.63) is 0 Å². The van der Waals surface area contributed by atoms with E-state index in [2.05, 4.69) is 6.92 Å². The molecule has 2 heteroatoms. The SMILES string of the molecule is CCCCC(CC)(CC)C(=O)Cl. The molecule has 0 fully saturated rings. The molecule has 0 atom stereocenters. The van der Waals surface area contributed by atoms with Gasteiger partial charge in [0.05, 0.1) is 0 Å². The minimum Gasteiger partial charge on any atom is -0.281 e. The molecular formula is C10H19ClO. The van der Waals surface area contributed by atoms with Crippen molar-refractivity contribution in [3.8, 4) is 0 Å². The van der Waals surface area contributed by atoms with Crippen LogP contribution in [0.5, 0.6) is 0 Å². The normalized spacial score (nSPS) is 11.7. The highest BCUT2D eigenvalue weighted by Crippen LogP contribution is 2.34. The number of hydrogen-bond acceptors (Lipinski definition) is 1. The van der Waals surface area contributed by atoms with Crippen LogP contribution in [0.25, 0.3) is 0 Å². The molecule has 0 aliphatic rings. The minimum absolute atomic E-state index is 0.152. The highest BCUT2D eigenvalue weighted by Gasteiger charge is 2.32. The second-order valence-corrected chi connectivity index (χ2v) is 3.71. The van der Waals surface area contributed by atoms with Crippen LogP contribution in [-0.4, -0.2) is 5.24 Å². The van der Waals surface area contributed by atoms with Crippen molar-refractivity contribution in [1.29, 1.82) is 0 Å². The van der Waals surface area contributed by atoms with E-state index in [1.54, 1.807) is 0 Å². The van der Waals surface area contributed by atoms with Gasteiger partial charge in [-0.2, -0.15) is 0 Å². The Balaban J connectivity index is 4.25. The predicted octanol–water partition coefficient (Wildman–Crippen LogP) is 3.75. The van der Waals surface area contributed by atoms with E-state index in [0.29, 0.717) is 0 Å². The van der Waals surface area contributed by atoms with Crippen LogP contribution in [0, 0.1) is 5.41 Å². The van der Waals surface area contributed by atoms with E-state index in [9.17, 15) is 4.79 Å². The zero-order chi connectivity index (χ0) is 9.61. The molecule has 12 heavy (non-hydrogen) atoms. The summed E-state index contributed by atoms with van der Waals surface area (Å²) in [6.07, 6.45) is 4.91. The van der Waals surface area contributed by atoms with Gasteiger partial charge in [0.25, 0.3) is 0 Å². The van der Waals surface area contributed by atoms with E-state index in [-0.39, 0.29) is 10.7 Å². The third-order valence-electron chi connectivity index (χ3n) is 2.78. The molecule has 0 aromatic rings. The topological polar surface area (TPSA) is 17.1 Å². The maximum atomic E-state index is 11.2. The van der Waals surface area contributed by atoms with Crippen LogP contribution in [0.15, 0.2) is 0 Å². The first-order valence-electron chi connectivity index (χ1n) is 4.83. The first kappa shape index (κ1) is 12.0. The van der Waals surface area contributed by atoms with Crippen LogP contribution >= 0.6 is 11.6 Å². The zero-order valence-electron chi connectivity index (χ0n) is 8.32. The van der Waals surface area contributed by atoms with Gasteiger partial charge in [-0.25, -0.2) is 0 Å². The third-order valence-corrected chi connectivity index (χ3v) is 3.18. The molecule has 0 heterocycles. The van der Waals surface area contributed by atoms with Crippen LogP contribution < -0.4 is 0 Å². The van der Waals surface area contributed by atoms with Crippen LogP contribution in [0.1, 0.15) is 52.9 Å². The van der Waals surface area contributed by atoms with E-state index in [4.69, 9.17) is 11.6 Å². The molecule has 0 aliphatic heterocycles. The first-order valence-corrected chi connectivity index (χ1v) is 5.20. The van der Waals surface area contributed by atoms with E-state index >= 15 is 0 Å². The van der Waals surface area contributed by atoms with Gasteiger partial charge < -0.3 is 0 Å². The van der Waals surface area contributed by atoms with Crippen molar-refractivity contribution in [3.63, 3.8) is 0 Å². The molecule has 0 saturated heterocycles. The van der Waals surface area contributed by atoms with Gasteiger partial charge in [0.1, 0.15) is 0 Å². The fraction of sp³-hybridized carbons (Fsp3) is 0.900. The maximum absolute atomic E-state index is 11.2. The summed E-state index contributed by atoms with van der Waals surface area (Å²) >= 11 is 5.60. The average molecular weight is 191 g/mol. The van der Waals surface area contributed by atoms with Crippen molar-refractivity contribution >= 4 is 16.8 Å².